The molecule has 1 aliphatic rings. The van der Waals surface area contributed by atoms with E-state index in [0.717, 1.165) is 12.5 Å². The number of aliphatic hydroxyl groups is 1. The van der Waals surface area contributed by atoms with Gasteiger partial charge in [-0.3, -0.25) is 0 Å². The van der Waals surface area contributed by atoms with Crippen molar-refractivity contribution in [1.29, 1.82) is 0 Å². The number of methoxy groups -OCH3 is 1. The van der Waals surface area contributed by atoms with Crippen molar-refractivity contribution in [2.24, 2.45) is 5.92 Å². The minimum absolute atomic E-state index is 0.350. The lowest BCUT2D eigenvalue weighted by molar-refractivity contribution is 0.0271. The van der Waals surface area contributed by atoms with Crippen molar-refractivity contribution in [3.63, 3.8) is 0 Å². The Bertz CT molecular complexity index is 175. The van der Waals surface area contributed by atoms with Gasteiger partial charge >= 0.3 is 0 Å². The molecule has 1 rings (SSSR count). The number of hydrogen-bond acceptors (Lipinski definition) is 3. The molecule has 1 fully saturated rings. The van der Waals surface area contributed by atoms with Crippen LogP contribution in [0.5, 0.6) is 0 Å². The summed E-state index contributed by atoms with van der Waals surface area (Å²) >= 11 is 0. The molecule has 0 aromatic heterocycles. The van der Waals surface area contributed by atoms with Crippen molar-refractivity contribution in [3.8, 4) is 0 Å². The Hall–Kier alpha value is -0.120. The Labute approximate surface area is 93.4 Å². The fraction of sp³-hybridized carbons (Fsp3) is 1.00. The number of likely N-dealkylation sites (N-methyl/N-ethyl adjacent to an activating group) is 1. The summed E-state index contributed by atoms with van der Waals surface area (Å²) in [6.45, 7) is 3.49. The molecule has 1 aliphatic carbocycles. The van der Waals surface area contributed by atoms with Gasteiger partial charge in [0.2, 0.25) is 0 Å². The SMILES string of the molecule is COCC(O)CN(C)C1CCCC(C)C1. The van der Waals surface area contributed by atoms with Crippen LogP contribution in [0, 0.1) is 5.92 Å². The molecule has 15 heavy (non-hydrogen) atoms. The summed E-state index contributed by atoms with van der Waals surface area (Å²) in [4.78, 5) is 2.29. The van der Waals surface area contributed by atoms with Crippen LogP contribution in [0.25, 0.3) is 0 Å². The van der Waals surface area contributed by atoms with Crippen molar-refractivity contribution in [2.75, 3.05) is 27.3 Å². The molecule has 0 heterocycles. The predicted molar refractivity (Wildman–Crippen MR) is 61.9 cm³/mol. The average Bonchev–Trinajstić information content (AvgIpc) is 2.18. The summed E-state index contributed by atoms with van der Waals surface area (Å²) in [7, 11) is 3.74. The molecule has 0 spiro atoms. The largest absolute Gasteiger partial charge is 0.389 e. The van der Waals surface area contributed by atoms with E-state index in [9.17, 15) is 5.11 Å². The lowest BCUT2D eigenvalue weighted by atomic mass is 9.86. The Balaban J connectivity index is 2.28. The minimum Gasteiger partial charge on any atom is -0.389 e. The molecule has 3 heteroatoms. The highest BCUT2D eigenvalue weighted by atomic mass is 16.5. The van der Waals surface area contributed by atoms with Crippen LogP contribution in [-0.2, 0) is 4.74 Å². The third-order valence-electron chi connectivity index (χ3n) is 3.39. The Morgan fingerprint density at radius 2 is 2.20 bits per heavy atom. The summed E-state index contributed by atoms with van der Waals surface area (Å²) in [6.07, 6.45) is 4.90. The summed E-state index contributed by atoms with van der Waals surface area (Å²) < 4.78 is 4.94. The van der Waals surface area contributed by atoms with Gasteiger partial charge in [-0.05, 0) is 25.8 Å². The lowest BCUT2D eigenvalue weighted by Crippen LogP contribution is -2.41. The maximum absolute atomic E-state index is 9.65. The van der Waals surface area contributed by atoms with E-state index < -0.39 is 0 Å². The topological polar surface area (TPSA) is 32.7 Å². The van der Waals surface area contributed by atoms with Crippen LogP contribution in [0.15, 0.2) is 0 Å². The molecule has 0 aromatic rings. The predicted octanol–water partition coefficient (Wildman–Crippen LogP) is 1.50. The van der Waals surface area contributed by atoms with Crippen molar-refractivity contribution in [3.05, 3.63) is 0 Å². The number of hydrogen-bond donors (Lipinski definition) is 1. The smallest absolute Gasteiger partial charge is 0.0900 e. The first-order valence-corrected chi connectivity index (χ1v) is 6.00. The van der Waals surface area contributed by atoms with Crippen LogP contribution in [0.3, 0.4) is 0 Å². The third kappa shape index (κ3) is 4.49. The summed E-state index contributed by atoms with van der Waals surface area (Å²) in [6, 6.07) is 0.653. The van der Waals surface area contributed by atoms with Gasteiger partial charge in [0.25, 0.3) is 0 Å². The first kappa shape index (κ1) is 12.9. The van der Waals surface area contributed by atoms with E-state index in [1.807, 2.05) is 0 Å². The maximum atomic E-state index is 9.65. The van der Waals surface area contributed by atoms with Gasteiger partial charge in [0.15, 0.2) is 0 Å². The van der Waals surface area contributed by atoms with Gasteiger partial charge in [0.05, 0.1) is 12.7 Å². The second kappa shape index (κ2) is 6.46. The highest BCUT2D eigenvalue weighted by molar-refractivity contribution is 4.78. The molecule has 90 valence electrons. The number of nitrogens with zero attached hydrogens (tertiary/aromatic N) is 1. The lowest BCUT2D eigenvalue weighted by Gasteiger charge is -2.35. The van der Waals surface area contributed by atoms with Gasteiger partial charge in [0.1, 0.15) is 0 Å². The van der Waals surface area contributed by atoms with Crippen LogP contribution in [0.2, 0.25) is 0 Å². The quantitative estimate of drug-likeness (QED) is 0.754. The zero-order valence-electron chi connectivity index (χ0n) is 10.3. The molecule has 0 aliphatic heterocycles. The van der Waals surface area contributed by atoms with E-state index in [0.29, 0.717) is 12.6 Å². The molecule has 3 atom stereocenters. The van der Waals surface area contributed by atoms with Crippen molar-refractivity contribution in [1.82, 2.24) is 4.90 Å². The van der Waals surface area contributed by atoms with Gasteiger partial charge in [-0.25, -0.2) is 0 Å². The van der Waals surface area contributed by atoms with Crippen LogP contribution in [0.4, 0.5) is 0 Å². The highest BCUT2D eigenvalue weighted by Crippen LogP contribution is 2.26. The normalized spacial score (nSPS) is 29.4. The van der Waals surface area contributed by atoms with Gasteiger partial charge in [-0.1, -0.05) is 19.8 Å². The second-order valence-electron chi connectivity index (χ2n) is 4.97. The van der Waals surface area contributed by atoms with E-state index in [-0.39, 0.29) is 6.10 Å². The van der Waals surface area contributed by atoms with Gasteiger partial charge in [0, 0.05) is 19.7 Å². The molecule has 0 aromatic carbocycles. The Morgan fingerprint density at radius 1 is 1.47 bits per heavy atom. The zero-order valence-corrected chi connectivity index (χ0v) is 10.3. The molecule has 1 saturated carbocycles. The first-order valence-electron chi connectivity index (χ1n) is 6.00. The first-order chi connectivity index (χ1) is 7.13. The molecule has 3 nitrogen and oxygen atoms in total. The second-order valence-corrected chi connectivity index (χ2v) is 4.97. The average molecular weight is 215 g/mol. The molecule has 0 radical (unpaired) electrons. The van der Waals surface area contributed by atoms with Gasteiger partial charge in [-0.2, -0.15) is 0 Å². The third-order valence-corrected chi connectivity index (χ3v) is 3.39. The zero-order chi connectivity index (χ0) is 11.3. The molecule has 1 N–H and O–H groups in total. The fourth-order valence-electron chi connectivity index (χ4n) is 2.53. The van der Waals surface area contributed by atoms with Gasteiger partial charge in [-0.15, -0.1) is 0 Å². The van der Waals surface area contributed by atoms with Crippen molar-refractivity contribution in [2.45, 2.75) is 44.8 Å². The standard InChI is InChI=1S/C12H25NO2/c1-10-5-4-6-11(7-10)13(2)8-12(14)9-15-3/h10-12,14H,4-9H2,1-3H3. The number of ether oxygens (including phenoxy) is 1. The van der Waals surface area contributed by atoms with E-state index in [4.69, 9.17) is 4.74 Å². The van der Waals surface area contributed by atoms with Crippen LogP contribution < -0.4 is 0 Å². The summed E-state index contributed by atoms with van der Waals surface area (Å²) in [5, 5.41) is 9.65. The summed E-state index contributed by atoms with van der Waals surface area (Å²) in [5.74, 6) is 0.839. The van der Waals surface area contributed by atoms with E-state index in [1.165, 1.54) is 25.7 Å². The Kier molecular flexibility index (Phi) is 5.58. The van der Waals surface area contributed by atoms with Crippen LogP contribution in [0.1, 0.15) is 32.6 Å². The molecule has 0 saturated heterocycles. The van der Waals surface area contributed by atoms with E-state index in [1.54, 1.807) is 7.11 Å². The maximum Gasteiger partial charge on any atom is 0.0900 e. The molecule has 3 unspecified atom stereocenters. The van der Waals surface area contributed by atoms with E-state index in [2.05, 4.69) is 18.9 Å². The highest BCUT2D eigenvalue weighted by Gasteiger charge is 2.23. The van der Waals surface area contributed by atoms with Gasteiger partial charge < -0.3 is 14.7 Å². The summed E-state index contributed by atoms with van der Waals surface area (Å²) in [5.41, 5.74) is 0. The van der Waals surface area contributed by atoms with Crippen LogP contribution in [-0.4, -0.2) is 49.5 Å². The van der Waals surface area contributed by atoms with Crippen molar-refractivity contribution < 1.29 is 9.84 Å². The monoisotopic (exact) mass is 215 g/mol. The molecular formula is C12H25NO2. The molecule has 0 amide bonds. The van der Waals surface area contributed by atoms with Crippen molar-refractivity contribution >= 4 is 0 Å². The Morgan fingerprint density at radius 3 is 2.80 bits per heavy atom. The minimum atomic E-state index is -0.350. The number of aliphatic hydroxyl groups excluding tert-OH is 1. The molecular weight excluding hydrogens is 190 g/mol. The van der Waals surface area contributed by atoms with E-state index >= 15 is 0 Å². The van der Waals surface area contributed by atoms with Crippen LogP contribution >= 0.6 is 0 Å². The fourth-order valence-corrected chi connectivity index (χ4v) is 2.53. The molecule has 0 bridgehead atoms. The number of rotatable bonds is 5.